The molecule has 2 aromatic carbocycles. The van der Waals surface area contributed by atoms with Gasteiger partial charge in [0.25, 0.3) is 0 Å². The monoisotopic (exact) mass is 391 g/mol. The molecule has 0 aliphatic heterocycles. The molecule has 3 aliphatic carbocycles. The van der Waals surface area contributed by atoms with Crippen LogP contribution in [-0.4, -0.2) is 0 Å². The van der Waals surface area contributed by atoms with Crippen molar-refractivity contribution in [3.05, 3.63) is 78.2 Å². The molecule has 120 valence electrons. The smallest absolute Gasteiger partial charge is 0 e. The van der Waals surface area contributed by atoms with Gasteiger partial charge in [-0.3, -0.25) is 0 Å². The van der Waals surface area contributed by atoms with Crippen LogP contribution in [0.15, 0.2) is 60.7 Å². The van der Waals surface area contributed by atoms with E-state index in [1.165, 1.54) is 47.9 Å². The molecule has 0 amide bonds. The van der Waals surface area contributed by atoms with Crippen molar-refractivity contribution >= 4 is 0 Å². The molecule has 2 unspecified atom stereocenters. The third-order valence-corrected chi connectivity index (χ3v) is 6.16. The number of allylic oxidation sites excluding steroid dienone is 2. The summed E-state index contributed by atoms with van der Waals surface area (Å²) in [4.78, 5) is 0. The quantitative estimate of drug-likeness (QED) is 0.409. The Kier molecular flexibility index (Phi) is 3.75. The summed E-state index contributed by atoms with van der Waals surface area (Å²) in [5, 5.41) is 0. The van der Waals surface area contributed by atoms with Gasteiger partial charge in [-0.1, -0.05) is 80.1 Å². The van der Waals surface area contributed by atoms with Gasteiger partial charge in [-0.25, -0.2) is 18.6 Å². The molecular formula is C22H21Pd-. The maximum absolute atomic E-state index is 2.50. The molecule has 1 spiro atoms. The normalized spacial score (nSPS) is 25.7. The Labute approximate surface area is 152 Å². The SMILES string of the molecule is C1=CC2(c3ccccc3-c3ccccc32)C2CCCCC2[CH-]1.[Pd]. The predicted octanol–water partition coefficient (Wildman–Crippen LogP) is 5.53. The van der Waals surface area contributed by atoms with Crippen LogP contribution >= 0.6 is 0 Å². The Morgan fingerprint density at radius 2 is 1.43 bits per heavy atom. The molecule has 0 saturated heterocycles. The Morgan fingerprint density at radius 3 is 2.13 bits per heavy atom. The van der Waals surface area contributed by atoms with Crippen molar-refractivity contribution < 1.29 is 20.4 Å². The first-order chi connectivity index (χ1) is 10.9. The summed E-state index contributed by atoms with van der Waals surface area (Å²) in [7, 11) is 0. The van der Waals surface area contributed by atoms with Gasteiger partial charge < -0.3 is 0 Å². The van der Waals surface area contributed by atoms with Crippen molar-refractivity contribution in [3.8, 4) is 11.1 Å². The number of hydrogen-bond acceptors (Lipinski definition) is 0. The van der Waals surface area contributed by atoms with Crippen molar-refractivity contribution in [2.75, 3.05) is 0 Å². The Bertz CT molecular complexity index is 713. The maximum Gasteiger partial charge on any atom is 0 e. The van der Waals surface area contributed by atoms with Crippen molar-refractivity contribution in [1.82, 2.24) is 0 Å². The number of fused-ring (bicyclic) bond motifs is 7. The van der Waals surface area contributed by atoms with Crippen molar-refractivity contribution in [2.45, 2.75) is 31.1 Å². The van der Waals surface area contributed by atoms with Crippen LogP contribution in [0.1, 0.15) is 36.8 Å². The average molecular weight is 392 g/mol. The molecule has 1 saturated carbocycles. The molecule has 0 aromatic heterocycles. The van der Waals surface area contributed by atoms with Gasteiger partial charge in [0.1, 0.15) is 0 Å². The van der Waals surface area contributed by atoms with E-state index in [2.05, 4.69) is 67.1 Å². The van der Waals surface area contributed by atoms with Gasteiger partial charge in [-0.2, -0.15) is 0 Å². The minimum Gasteiger partial charge on any atom is -0.230 e. The summed E-state index contributed by atoms with van der Waals surface area (Å²) < 4.78 is 0. The molecule has 0 N–H and O–H groups in total. The number of rotatable bonds is 0. The van der Waals surface area contributed by atoms with Crippen LogP contribution in [0.4, 0.5) is 0 Å². The summed E-state index contributed by atoms with van der Waals surface area (Å²) in [6, 6.07) is 18.2. The zero-order valence-corrected chi connectivity index (χ0v) is 14.7. The molecule has 3 aliphatic rings. The predicted molar refractivity (Wildman–Crippen MR) is 91.5 cm³/mol. The molecule has 0 bridgehead atoms. The first-order valence-corrected chi connectivity index (χ1v) is 8.63. The molecule has 0 nitrogen and oxygen atoms in total. The molecule has 2 aromatic rings. The molecule has 2 atom stereocenters. The van der Waals surface area contributed by atoms with Crippen LogP contribution < -0.4 is 0 Å². The van der Waals surface area contributed by atoms with E-state index in [4.69, 9.17) is 0 Å². The van der Waals surface area contributed by atoms with Crippen LogP contribution in [0.5, 0.6) is 0 Å². The second-order valence-corrected chi connectivity index (χ2v) is 7.07. The van der Waals surface area contributed by atoms with Gasteiger partial charge in [0.05, 0.1) is 0 Å². The summed E-state index contributed by atoms with van der Waals surface area (Å²) in [5.74, 6) is 1.48. The molecule has 5 rings (SSSR count). The van der Waals surface area contributed by atoms with Crippen molar-refractivity contribution in [2.24, 2.45) is 11.8 Å². The fourth-order valence-electron chi connectivity index (χ4n) is 5.31. The first-order valence-electron chi connectivity index (χ1n) is 8.63. The van der Waals surface area contributed by atoms with Crippen LogP contribution in [0, 0.1) is 18.3 Å². The molecule has 1 fully saturated rings. The third-order valence-electron chi connectivity index (χ3n) is 6.16. The van der Waals surface area contributed by atoms with Crippen molar-refractivity contribution in [3.63, 3.8) is 0 Å². The van der Waals surface area contributed by atoms with E-state index >= 15 is 0 Å². The second kappa shape index (κ2) is 5.66. The first kappa shape index (κ1) is 15.3. The van der Waals surface area contributed by atoms with Gasteiger partial charge in [0, 0.05) is 20.4 Å². The largest absolute Gasteiger partial charge is 0.230 e. The minimum absolute atomic E-state index is 0. The molecule has 0 heterocycles. The van der Waals surface area contributed by atoms with Crippen LogP contribution in [0.3, 0.4) is 0 Å². The van der Waals surface area contributed by atoms with Crippen molar-refractivity contribution in [1.29, 1.82) is 0 Å². The van der Waals surface area contributed by atoms with E-state index in [-0.39, 0.29) is 25.8 Å². The number of hydrogen-bond donors (Lipinski definition) is 0. The van der Waals surface area contributed by atoms with Crippen LogP contribution in [0.2, 0.25) is 0 Å². The molecule has 23 heavy (non-hydrogen) atoms. The van der Waals surface area contributed by atoms with E-state index in [9.17, 15) is 0 Å². The average Bonchev–Trinajstić information content (AvgIpc) is 2.87. The molecule has 0 radical (unpaired) electrons. The van der Waals surface area contributed by atoms with Gasteiger partial charge >= 0.3 is 0 Å². The minimum atomic E-state index is 0. The summed E-state index contributed by atoms with van der Waals surface area (Å²) in [5.41, 5.74) is 6.10. The van der Waals surface area contributed by atoms with Crippen LogP contribution in [0.25, 0.3) is 11.1 Å². The third kappa shape index (κ3) is 1.97. The van der Waals surface area contributed by atoms with E-state index in [0.29, 0.717) is 0 Å². The van der Waals surface area contributed by atoms with Gasteiger partial charge in [0.2, 0.25) is 0 Å². The maximum atomic E-state index is 2.50. The summed E-state index contributed by atoms with van der Waals surface area (Å²) in [6.07, 6.45) is 12.8. The zero-order chi connectivity index (χ0) is 14.6. The van der Waals surface area contributed by atoms with E-state index < -0.39 is 0 Å². The Hall–Kier alpha value is -1.29. The zero-order valence-electron chi connectivity index (χ0n) is 13.2. The van der Waals surface area contributed by atoms with E-state index in [1.807, 2.05) is 0 Å². The van der Waals surface area contributed by atoms with E-state index in [1.54, 1.807) is 0 Å². The van der Waals surface area contributed by atoms with Gasteiger partial charge in [0.15, 0.2) is 0 Å². The fourth-order valence-corrected chi connectivity index (χ4v) is 5.31. The summed E-state index contributed by atoms with van der Waals surface area (Å²) >= 11 is 0. The summed E-state index contributed by atoms with van der Waals surface area (Å²) in [6.45, 7) is 0. The molecule has 1 heteroatoms. The topological polar surface area (TPSA) is 0 Å². The fraction of sp³-hybridized carbons (Fsp3) is 0.318. The van der Waals surface area contributed by atoms with E-state index in [0.717, 1.165) is 11.8 Å². The Morgan fingerprint density at radius 1 is 0.826 bits per heavy atom. The number of benzene rings is 2. The molecular weight excluding hydrogens is 371 g/mol. The second-order valence-electron chi connectivity index (χ2n) is 7.07. The Balaban J connectivity index is 0.00000135. The van der Waals surface area contributed by atoms with Crippen LogP contribution in [-0.2, 0) is 25.8 Å². The van der Waals surface area contributed by atoms with Gasteiger partial charge in [-0.15, -0.1) is 0 Å². The standard InChI is InChI=1S/C22H21.Pd/c1-4-12-19-16(8-1)9-7-15-22(19)20-13-5-2-10-17(20)18-11-3-6-14-21(18)22;/h2-3,5-7,9-11,13-16,19H,1,4,8,12H2;/q-1;. The van der Waals surface area contributed by atoms with Gasteiger partial charge in [-0.05, 0) is 33.6 Å².